The molecule has 0 aromatic carbocycles. The molecule has 0 spiro atoms. The first-order valence-electron chi connectivity index (χ1n) is 5.43. The fourth-order valence-electron chi connectivity index (χ4n) is 1.45. The number of hydrogen-bond acceptors (Lipinski definition) is 5. The van der Waals surface area contributed by atoms with Gasteiger partial charge in [-0.1, -0.05) is 0 Å². The van der Waals surface area contributed by atoms with Crippen LogP contribution in [0.2, 0.25) is 0 Å². The van der Waals surface area contributed by atoms with Crippen molar-refractivity contribution in [1.82, 2.24) is 15.0 Å². The highest BCUT2D eigenvalue weighted by Crippen LogP contribution is 2.22. The summed E-state index contributed by atoms with van der Waals surface area (Å²) >= 11 is 1.45. The average molecular weight is 277 g/mol. The van der Waals surface area contributed by atoms with Gasteiger partial charge in [0.05, 0.1) is 11.3 Å². The number of thiazole rings is 1. The van der Waals surface area contributed by atoms with Crippen LogP contribution in [0.25, 0.3) is 0 Å². The van der Waals surface area contributed by atoms with Gasteiger partial charge in [0.1, 0.15) is 5.01 Å². The third-order valence-corrected chi connectivity index (χ3v) is 4.96. The maximum absolute atomic E-state index is 11.9. The van der Waals surface area contributed by atoms with Crippen molar-refractivity contribution in [3.8, 4) is 0 Å². The zero-order chi connectivity index (χ0) is 12.9. The van der Waals surface area contributed by atoms with E-state index in [4.69, 9.17) is 0 Å². The van der Waals surface area contributed by atoms with Gasteiger partial charge >= 0.3 is 0 Å². The zero-order valence-electron chi connectivity index (χ0n) is 10.4. The smallest absolute Gasteiger partial charge is 0.212 e. The first-order valence-corrected chi connectivity index (χ1v) is 7.97. The molecule has 1 aromatic heterocycles. The lowest BCUT2D eigenvalue weighted by Gasteiger charge is -2.23. The molecule has 0 radical (unpaired) electrons. The second-order valence-corrected chi connectivity index (χ2v) is 7.08. The largest absolute Gasteiger partial charge is 0.320 e. The molecule has 0 atom stereocenters. The van der Waals surface area contributed by atoms with E-state index >= 15 is 0 Å². The SMILES string of the molecule is CNCCCS(=O)(=O)NC(C)(C)c1nccs1. The quantitative estimate of drug-likeness (QED) is 0.727. The Morgan fingerprint density at radius 3 is 2.71 bits per heavy atom. The Bertz CT molecular complexity index is 426. The molecule has 5 nitrogen and oxygen atoms in total. The van der Waals surface area contributed by atoms with E-state index in [1.54, 1.807) is 13.2 Å². The fraction of sp³-hybridized carbons (Fsp3) is 0.700. The van der Waals surface area contributed by atoms with Crippen LogP contribution in [0.4, 0.5) is 0 Å². The number of sulfonamides is 1. The van der Waals surface area contributed by atoms with E-state index in [9.17, 15) is 8.42 Å². The van der Waals surface area contributed by atoms with E-state index in [1.807, 2.05) is 19.2 Å². The predicted molar refractivity (Wildman–Crippen MR) is 70.6 cm³/mol. The molecule has 0 aliphatic carbocycles. The highest BCUT2D eigenvalue weighted by atomic mass is 32.2. The Balaban J connectivity index is 2.63. The maximum atomic E-state index is 11.9. The van der Waals surface area contributed by atoms with Gasteiger partial charge in [0, 0.05) is 11.6 Å². The second-order valence-electron chi connectivity index (χ2n) is 4.34. The molecule has 1 aromatic rings. The van der Waals surface area contributed by atoms with Gasteiger partial charge in [0.2, 0.25) is 10.0 Å². The molecule has 0 aliphatic rings. The van der Waals surface area contributed by atoms with Crippen molar-refractivity contribution in [3.05, 3.63) is 16.6 Å². The number of nitrogens with zero attached hydrogens (tertiary/aromatic N) is 1. The first kappa shape index (κ1) is 14.6. The molecular weight excluding hydrogens is 258 g/mol. The molecule has 1 rings (SSSR count). The lowest BCUT2D eigenvalue weighted by atomic mass is 10.1. The summed E-state index contributed by atoms with van der Waals surface area (Å²) in [4.78, 5) is 4.15. The number of rotatable bonds is 7. The highest BCUT2D eigenvalue weighted by molar-refractivity contribution is 7.89. The minimum absolute atomic E-state index is 0.128. The first-order chi connectivity index (χ1) is 7.87. The van der Waals surface area contributed by atoms with Gasteiger partial charge in [0.15, 0.2) is 0 Å². The van der Waals surface area contributed by atoms with Crippen LogP contribution in [0.1, 0.15) is 25.3 Å². The fourth-order valence-corrected chi connectivity index (χ4v) is 3.74. The molecule has 17 heavy (non-hydrogen) atoms. The van der Waals surface area contributed by atoms with Crippen LogP contribution in [0.3, 0.4) is 0 Å². The molecule has 7 heteroatoms. The minimum atomic E-state index is -3.26. The normalized spacial score (nSPS) is 12.9. The third-order valence-electron chi connectivity index (χ3n) is 2.22. The van der Waals surface area contributed by atoms with Crippen molar-refractivity contribution in [2.45, 2.75) is 25.8 Å². The van der Waals surface area contributed by atoms with Gasteiger partial charge in [0.25, 0.3) is 0 Å². The van der Waals surface area contributed by atoms with Crippen LogP contribution in [0.5, 0.6) is 0 Å². The van der Waals surface area contributed by atoms with Crippen LogP contribution in [0, 0.1) is 0 Å². The van der Waals surface area contributed by atoms with E-state index in [0.29, 0.717) is 13.0 Å². The summed E-state index contributed by atoms with van der Waals surface area (Å²) in [5.41, 5.74) is -0.646. The van der Waals surface area contributed by atoms with E-state index in [-0.39, 0.29) is 5.75 Å². The van der Waals surface area contributed by atoms with Gasteiger partial charge in [-0.05, 0) is 33.9 Å². The molecular formula is C10H19N3O2S2. The van der Waals surface area contributed by atoms with Gasteiger partial charge in [-0.25, -0.2) is 18.1 Å². The van der Waals surface area contributed by atoms with Crippen molar-refractivity contribution < 1.29 is 8.42 Å². The molecule has 0 fully saturated rings. The average Bonchev–Trinajstić information content (AvgIpc) is 2.69. The van der Waals surface area contributed by atoms with Crippen molar-refractivity contribution in [1.29, 1.82) is 0 Å². The van der Waals surface area contributed by atoms with Crippen molar-refractivity contribution in [2.24, 2.45) is 0 Å². The molecule has 0 aliphatic heterocycles. The Kier molecular flexibility index (Phi) is 5.05. The van der Waals surface area contributed by atoms with E-state index in [2.05, 4.69) is 15.0 Å². The van der Waals surface area contributed by atoms with Crippen LogP contribution in [-0.4, -0.2) is 32.7 Å². The summed E-state index contributed by atoms with van der Waals surface area (Å²) in [5.74, 6) is 0.128. The van der Waals surface area contributed by atoms with Crippen molar-refractivity contribution >= 4 is 21.4 Å². The molecule has 1 heterocycles. The summed E-state index contributed by atoms with van der Waals surface area (Å²) in [7, 11) is -1.46. The number of aromatic nitrogens is 1. The molecule has 2 N–H and O–H groups in total. The van der Waals surface area contributed by atoms with Gasteiger partial charge in [-0.3, -0.25) is 0 Å². The standard InChI is InChI=1S/C10H19N3O2S2/c1-10(2,9-12-6-7-16-9)13-17(14,15)8-4-5-11-3/h6-7,11,13H,4-5,8H2,1-3H3. The molecule has 98 valence electrons. The van der Waals surface area contributed by atoms with Gasteiger partial charge < -0.3 is 5.32 Å². The molecule has 0 unspecified atom stereocenters. The summed E-state index contributed by atoms with van der Waals surface area (Å²) in [6.45, 7) is 4.33. The monoisotopic (exact) mass is 277 g/mol. The number of hydrogen-bond donors (Lipinski definition) is 2. The van der Waals surface area contributed by atoms with Crippen LogP contribution in [-0.2, 0) is 15.6 Å². The molecule has 0 saturated carbocycles. The molecule has 0 bridgehead atoms. The lowest BCUT2D eigenvalue weighted by Crippen LogP contribution is -2.42. The Morgan fingerprint density at radius 2 is 2.18 bits per heavy atom. The Hall–Kier alpha value is -0.500. The highest BCUT2D eigenvalue weighted by Gasteiger charge is 2.28. The Morgan fingerprint density at radius 1 is 1.47 bits per heavy atom. The third kappa shape index (κ3) is 4.71. The maximum Gasteiger partial charge on any atom is 0.212 e. The van der Waals surface area contributed by atoms with E-state index in [0.717, 1.165) is 5.01 Å². The van der Waals surface area contributed by atoms with Gasteiger partial charge in [-0.15, -0.1) is 11.3 Å². The topological polar surface area (TPSA) is 71.1 Å². The van der Waals surface area contributed by atoms with Crippen molar-refractivity contribution in [2.75, 3.05) is 19.3 Å². The lowest BCUT2D eigenvalue weighted by molar-refractivity contribution is 0.469. The van der Waals surface area contributed by atoms with Crippen molar-refractivity contribution in [3.63, 3.8) is 0 Å². The molecule has 0 saturated heterocycles. The molecule has 0 amide bonds. The summed E-state index contributed by atoms with van der Waals surface area (Å²) in [6, 6.07) is 0. The van der Waals surface area contributed by atoms with Gasteiger partial charge in [-0.2, -0.15) is 0 Å². The summed E-state index contributed by atoms with van der Waals surface area (Å²) in [5, 5.41) is 5.54. The zero-order valence-corrected chi connectivity index (χ0v) is 12.0. The van der Waals surface area contributed by atoms with Crippen LogP contribution >= 0.6 is 11.3 Å². The van der Waals surface area contributed by atoms with E-state index < -0.39 is 15.6 Å². The predicted octanol–water partition coefficient (Wildman–Crippen LogP) is 0.907. The van der Waals surface area contributed by atoms with Crippen LogP contribution in [0.15, 0.2) is 11.6 Å². The van der Waals surface area contributed by atoms with E-state index in [1.165, 1.54) is 11.3 Å². The summed E-state index contributed by atoms with van der Waals surface area (Å²) < 4.78 is 26.4. The Labute approximate surface area is 107 Å². The van der Waals surface area contributed by atoms with Crippen LogP contribution < -0.4 is 10.0 Å². The summed E-state index contributed by atoms with van der Waals surface area (Å²) in [6.07, 6.45) is 2.27. The number of nitrogens with one attached hydrogen (secondary N) is 2. The second kappa shape index (κ2) is 5.90. The minimum Gasteiger partial charge on any atom is -0.320 e.